The summed E-state index contributed by atoms with van der Waals surface area (Å²) in [7, 11) is 1.60. The lowest BCUT2D eigenvalue weighted by Crippen LogP contribution is -2.35. The average molecular weight is 144 g/mol. The van der Waals surface area contributed by atoms with Gasteiger partial charge in [-0.3, -0.25) is 0 Å². The zero-order valence-corrected chi connectivity index (χ0v) is 5.99. The first-order valence-corrected chi connectivity index (χ1v) is 3.30. The van der Waals surface area contributed by atoms with Gasteiger partial charge in [-0.05, 0) is 0 Å². The molecule has 1 aliphatic rings. The molecule has 0 saturated carbocycles. The Bertz CT molecular complexity index is 122. The van der Waals surface area contributed by atoms with Gasteiger partial charge in [-0.25, -0.2) is 0 Å². The molecule has 0 unspecified atom stereocenters. The van der Waals surface area contributed by atoms with Crippen molar-refractivity contribution in [3.05, 3.63) is 12.2 Å². The Morgan fingerprint density at radius 3 is 3.10 bits per heavy atom. The van der Waals surface area contributed by atoms with E-state index in [-0.39, 0.29) is 18.8 Å². The first kappa shape index (κ1) is 7.72. The maximum Gasteiger partial charge on any atom is 0.111 e. The zero-order chi connectivity index (χ0) is 7.40. The Hall–Kier alpha value is -0.380. The molecule has 0 aliphatic carbocycles. The topological polar surface area (TPSA) is 38.7 Å². The van der Waals surface area contributed by atoms with E-state index in [0.29, 0.717) is 6.61 Å². The van der Waals surface area contributed by atoms with Crippen LogP contribution in [0.5, 0.6) is 0 Å². The fourth-order valence-corrected chi connectivity index (χ4v) is 0.975. The minimum absolute atomic E-state index is 0.0167. The number of rotatable bonds is 2. The van der Waals surface area contributed by atoms with Crippen molar-refractivity contribution < 1.29 is 14.6 Å². The van der Waals surface area contributed by atoms with Crippen LogP contribution in [-0.4, -0.2) is 37.6 Å². The molecule has 1 rings (SSSR count). The van der Waals surface area contributed by atoms with Gasteiger partial charge >= 0.3 is 0 Å². The van der Waals surface area contributed by atoms with Crippen molar-refractivity contribution in [3.8, 4) is 0 Å². The fraction of sp³-hybridized carbons (Fsp3) is 0.714. The Morgan fingerprint density at radius 2 is 2.60 bits per heavy atom. The van der Waals surface area contributed by atoms with E-state index in [0.717, 1.165) is 0 Å². The summed E-state index contributed by atoms with van der Waals surface area (Å²) in [5.74, 6) is 0. The quantitative estimate of drug-likeness (QED) is 0.552. The number of ether oxygens (including phenoxy) is 2. The molecule has 0 fully saturated rings. The highest BCUT2D eigenvalue weighted by molar-refractivity contribution is 4.97. The maximum atomic E-state index is 8.75. The van der Waals surface area contributed by atoms with Gasteiger partial charge in [0.05, 0.1) is 13.2 Å². The summed E-state index contributed by atoms with van der Waals surface area (Å²) >= 11 is 0. The number of hydrogen-bond acceptors (Lipinski definition) is 3. The molecule has 3 nitrogen and oxygen atoms in total. The summed E-state index contributed by atoms with van der Waals surface area (Å²) < 4.78 is 10.2. The third-order valence-corrected chi connectivity index (χ3v) is 1.55. The number of aliphatic hydroxyl groups is 1. The Balaban J connectivity index is 2.47. The van der Waals surface area contributed by atoms with E-state index in [1.165, 1.54) is 0 Å². The molecular formula is C7H12O3. The molecular weight excluding hydrogens is 132 g/mol. The lowest BCUT2D eigenvalue weighted by molar-refractivity contribution is -0.0595. The van der Waals surface area contributed by atoms with Gasteiger partial charge in [0, 0.05) is 7.11 Å². The lowest BCUT2D eigenvalue weighted by Gasteiger charge is -2.24. The van der Waals surface area contributed by atoms with E-state index in [1.807, 2.05) is 12.2 Å². The van der Waals surface area contributed by atoms with E-state index in [9.17, 15) is 0 Å². The maximum absolute atomic E-state index is 8.75. The average Bonchev–Trinajstić information content (AvgIpc) is 2.04. The molecule has 58 valence electrons. The van der Waals surface area contributed by atoms with Crippen molar-refractivity contribution in [2.24, 2.45) is 0 Å². The van der Waals surface area contributed by atoms with Crippen LogP contribution in [0.15, 0.2) is 12.2 Å². The zero-order valence-electron chi connectivity index (χ0n) is 5.99. The van der Waals surface area contributed by atoms with Gasteiger partial charge < -0.3 is 14.6 Å². The van der Waals surface area contributed by atoms with Gasteiger partial charge in [0.1, 0.15) is 12.2 Å². The van der Waals surface area contributed by atoms with Crippen LogP contribution in [0.25, 0.3) is 0 Å². The number of aliphatic hydroxyl groups excluding tert-OH is 1. The van der Waals surface area contributed by atoms with Gasteiger partial charge in [-0.15, -0.1) is 0 Å². The molecule has 0 aromatic rings. The van der Waals surface area contributed by atoms with Crippen LogP contribution in [0.2, 0.25) is 0 Å². The van der Waals surface area contributed by atoms with Crippen molar-refractivity contribution in [2.45, 2.75) is 12.2 Å². The second-order valence-electron chi connectivity index (χ2n) is 2.18. The fourth-order valence-electron chi connectivity index (χ4n) is 0.975. The summed E-state index contributed by atoms with van der Waals surface area (Å²) in [5, 5.41) is 8.75. The minimum Gasteiger partial charge on any atom is -0.394 e. The third-order valence-electron chi connectivity index (χ3n) is 1.55. The van der Waals surface area contributed by atoms with E-state index in [4.69, 9.17) is 14.6 Å². The Kier molecular flexibility index (Phi) is 2.86. The van der Waals surface area contributed by atoms with E-state index in [2.05, 4.69) is 0 Å². The van der Waals surface area contributed by atoms with Crippen molar-refractivity contribution in [1.29, 1.82) is 0 Å². The van der Waals surface area contributed by atoms with Gasteiger partial charge in [0.25, 0.3) is 0 Å². The highest BCUT2D eigenvalue weighted by atomic mass is 16.5. The standard InChI is InChI=1S/C7H12O3/c1-9-6-3-2-4-10-7(6)5-8/h2-3,6-8H,4-5H2,1H3/t6-,7+/m0/s1. The van der Waals surface area contributed by atoms with Gasteiger partial charge in [-0.1, -0.05) is 12.2 Å². The van der Waals surface area contributed by atoms with E-state index >= 15 is 0 Å². The van der Waals surface area contributed by atoms with E-state index in [1.54, 1.807) is 7.11 Å². The predicted molar refractivity (Wildman–Crippen MR) is 36.8 cm³/mol. The summed E-state index contributed by atoms with van der Waals surface area (Å²) in [6.07, 6.45) is 3.53. The van der Waals surface area contributed by atoms with E-state index < -0.39 is 0 Å². The summed E-state index contributed by atoms with van der Waals surface area (Å²) in [5.41, 5.74) is 0. The van der Waals surface area contributed by atoms with Crippen molar-refractivity contribution in [3.63, 3.8) is 0 Å². The molecule has 0 saturated heterocycles. The van der Waals surface area contributed by atoms with Crippen molar-refractivity contribution in [1.82, 2.24) is 0 Å². The van der Waals surface area contributed by atoms with Crippen LogP contribution in [0.1, 0.15) is 0 Å². The SMILES string of the molecule is CO[C@H]1C=CCO[C@@H]1CO. The molecule has 1 aliphatic heterocycles. The predicted octanol–water partition coefficient (Wildman–Crippen LogP) is -0.0513. The van der Waals surface area contributed by atoms with Gasteiger partial charge in [0.15, 0.2) is 0 Å². The molecule has 0 spiro atoms. The van der Waals surface area contributed by atoms with Gasteiger partial charge in [0.2, 0.25) is 0 Å². The second kappa shape index (κ2) is 3.71. The summed E-state index contributed by atoms with van der Waals surface area (Å²) in [6.45, 7) is 0.591. The smallest absolute Gasteiger partial charge is 0.111 e. The highest BCUT2D eigenvalue weighted by Gasteiger charge is 2.20. The minimum atomic E-state index is -0.185. The Labute approximate surface area is 60.3 Å². The molecule has 1 heterocycles. The van der Waals surface area contributed by atoms with Crippen LogP contribution < -0.4 is 0 Å². The molecule has 3 heteroatoms. The molecule has 0 amide bonds. The summed E-state index contributed by atoms with van der Waals surface area (Å²) in [4.78, 5) is 0. The Morgan fingerprint density at radius 1 is 1.80 bits per heavy atom. The number of hydrogen-bond donors (Lipinski definition) is 1. The van der Waals surface area contributed by atoms with Gasteiger partial charge in [-0.2, -0.15) is 0 Å². The molecule has 10 heavy (non-hydrogen) atoms. The normalized spacial score (nSPS) is 32.6. The number of methoxy groups -OCH3 is 1. The summed E-state index contributed by atoms with van der Waals surface area (Å²) in [6, 6.07) is 0. The van der Waals surface area contributed by atoms with Crippen molar-refractivity contribution >= 4 is 0 Å². The molecule has 0 aromatic heterocycles. The third kappa shape index (κ3) is 1.56. The van der Waals surface area contributed by atoms with Crippen LogP contribution in [0.4, 0.5) is 0 Å². The first-order chi connectivity index (χ1) is 4.88. The molecule has 1 N–H and O–H groups in total. The first-order valence-electron chi connectivity index (χ1n) is 3.30. The van der Waals surface area contributed by atoms with Crippen molar-refractivity contribution in [2.75, 3.05) is 20.3 Å². The molecule has 2 atom stereocenters. The van der Waals surface area contributed by atoms with Crippen LogP contribution in [0, 0.1) is 0 Å². The highest BCUT2D eigenvalue weighted by Crippen LogP contribution is 2.09. The largest absolute Gasteiger partial charge is 0.394 e. The second-order valence-corrected chi connectivity index (χ2v) is 2.18. The van der Waals surface area contributed by atoms with Crippen LogP contribution in [-0.2, 0) is 9.47 Å². The molecule has 0 aromatic carbocycles. The van der Waals surface area contributed by atoms with Crippen LogP contribution in [0.3, 0.4) is 0 Å². The monoisotopic (exact) mass is 144 g/mol. The lowest BCUT2D eigenvalue weighted by atomic mass is 10.1. The molecule has 0 radical (unpaired) electrons. The van der Waals surface area contributed by atoms with Crippen LogP contribution >= 0.6 is 0 Å². The molecule has 0 bridgehead atoms.